The molecule has 1 rings (SSSR count). The summed E-state index contributed by atoms with van der Waals surface area (Å²) in [7, 11) is 3.16. The maximum atomic E-state index is 11.3. The summed E-state index contributed by atoms with van der Waals surface area (Å²) in [4.78, 5) is 11.3. The summed E-state index contributed by atoms with van der Waals surface area (Å²) in [5.74, 6) is 0.450. The van der Waals surface area contributed by atoms with Crippen LogP contribution in [-0.2, 0) is 10.2 Å². The highest BCUT2D eigenvalue weighted by molar-refractivity contribution is 5.69. The van der Waals surface area contributed by atoms with Crippen LogP contribution in [0.2, 0.25) is 0 Å². The normalized spacial score (nSPS) is 14.5. The highest BCUT2D eigenvalue weighted by Gasteiger charge is 2.41. The van der Waals surface area contributed by atoms with Gasteiger partial charge in [-0.1, -0.05) is 33.8 Å². The van der Waals surface area contributed by atoms with E-state index >= 15 is 0 Å². The number of carboxylic acid groups (broad SMARTS) is 1. The average Bonchev–Trinajstić information content (AvgIpc) is 2.35. The molecule has 0 heterocycles. The van der Waals surface area contributed by atoms with Crippen molar-refractivity contribution in [3.8, 4) is 11.5 Å². The van der Waals surface area contributed by atoms with E-state index in [1.165, 1.54) is 0 Å². The summed E-state index contributed by atoms with van der Waals surface area (Å²) in [5, 5.41) is 9.25. The second-order valence-electron chi connectivity index (χ2n) is 6.22. The maximum absolute atomic E-state index is 11.3. The third kappa shape index (κ3) is 3.06. The summed E-state index contributed by atoms with van der Waals surface area (Å²) in [6.45, 7) is 8.12. The fourth-order valence-corrected chi connectivity index (χ4v) is 2.28. The van der Waals surface area contributed by atoms with Gasteiger partial charge in [0.15, 0.2) is 11.5 Å². The minimum atomic E-state index is -0.808. The Hall–Kier alpha value is -1.71. The van der Waals surface area contributed by atoms with Gasteiger partial charge in [-0.15, -0.1) is 0 Å². The van der Waals surface area contributed by atoms with Gasteiger partial charge in [0.1, 0.15) is 0 Å². The van der Waals surface area contributed by atoms with Crippen molar-refractivity contribution in [1.82, 2.24) is 0 Å². The zero-order valence-corrected chi connectivity index (χ0v) is 13.1. The van der Waals surface area contributed by atoms with Crippen molar-refractivity contribution in [2.75, 3.05) is 14.2 Å². The monoisotopic (exact) mass is 280 g/mol. The van der Waals surface area contributed by atoms with Crippen LogP contribution in [0.4, 0.5) is 0 Å². The van der Waals surface area contributed by atoms with Crippen LogP contribution >= 0.6 is 0 Å². The third-order valence-electron chi connectivity index (χ3n) is 4.18. The fourth-order valence-electron chi connectivity index (χ4n) is 2.28. The van der Waals surface area contributed by atoms with E-state index in [0.717, 1.165) is 5.56 Å². The molecule has 4 heteroatoms. The molecule has 112 valence electrons. The van der Waals surface area contributed by atoms with Gasteiger partial charge in [-0.25, -0.2) is 0 Å². The number of ether oxygens (including phenoxy) is 2. The SMILES string of the molecule is COc1ccc(C(C)(CC(=O)O)C(C)(C)C)cc1OC. The van der Waals surface area contributed by atoms with Crippen molar-refractivity contribution in [2.24, 2.45) is 5.41 Å². The third-order valence-corrected chi connectivity index (χ3v) is 4.18. The van der Waals surface area contributed by atoms with Crippen molar-refractivity contribution in [3.63, 3.8) is 0 Å². The molecule has 0 saturated carbocycles. The number of rotatable bonds is 5. The van der Waals surface area contributed by atoms with Gasteiger partial charge in [0.2, 0.25) is 0 Å². The number of aliphatic carboxylic acids is 1. The first-order valence-electron chi connectivity index (χ1n) is 6.60. The molecule has 0 aromatic heterocycles. The Morgan fingerprint density at radius 1 is 1.10 bits per heavy atom. The summed E-state index contributed by atoms with van der Waals surface area (Å²) >= 11 is 0. The van der Waals surface area contributed by atoms with Crippen molar-refractivity contribution in [3.05, 3.63) is 23.8 Å². The highest BCUT2D eigenvalue weighted by atomic mass is 16.5. The molecule has 1 aromatic rings. The van der Waals surface area contributed by atoms with E-state index in [-0.39, 0.29) is 11.8 Å². The Morgan fingerprint density at radius 3 is 2.05 bits per heavy atom. The van der Waals surface area contributed by atoms with Gasteiger partial charge >= 0.3 is 5.97 Å². The number of carbonyl (C=O) groups is 1. The number of hydrogen-bond acceptors (Lipinski definition) is 3. The number of benzene rings is 1. The first-order chi connectivity index (χ1) is 9.15. The lowest BCUT2D eigenvalue weighted by molar-refractivity contribution is -0.139. The molecule has 1 atom stereocenters. The lowest BCUT2D eigenvalue weighted by Gasteiger charge is -2.41. The van der Waals surface area contributed by atoms with Crippen LogP contribution in [0.25, 0.3) is 0 Å². The molecule has 20 heavy (non-hydrogen) atoms. The summed E-state index contributed by atoms with van der Waals surface area (Å²) in [6, 6.07) is 5.60. The van der Waals surface area contributed by atoms with Crippen LogP contribution in [0.15, 0.2) is 18.2 Å². The molecular formula is C16H24O4. The lowest BCUT2D eigenvalue weighted by Crippen LogP contribution is -2.39. The van der Waals surface area contributed by atoms with Gasteiger partial charge < -0.3 is 14.6 Å². The van der Waals surface area contributed by atoms with Crippen LogP contribution in [0.5, 0.6) is 11.5 Å². The molecule has 0 fully saturated rings. The van der Waals surface area contributed by atoms with Gasteiger partial charge in [0.05, 0.1) is 20.6 Å². The molecule has 0 radical (unpaired) electrons. The molecule has 1 aromatic carbocycles. The summed E-state index contributed by atoms with van der Waals surface area (Å²) in [6.07, 6.45) is 0.0615. The second kappa shape index (κ2) is 5.73. The van der Waals surface area contributed by atoms with Crippen LogP contribution < -0.4 is 9.47 Å². The van der Waals surface area contributed by atoms with Gasteiger partial charge in [-0.2, -0.15) is 0 Å². The minimum absolute atomic E-state index is 0.0615. The Bertz CT molecular complexity index is 488. The summed E-state index contributed by atoms with van der Waals surface area (Å²) in [5.41, 5.74) is 0.230. The van der Waals surface area contributed by atoms with Crippen molar-refractivity contribution in [2.45, 2.75) is 39.5 Å². The van der Waals surface area contributed by atoms with Gasteiger partial charge in [-0.3, -0.25) is 4.79 Å². The second-order valence-corrected chi connectivity index (χ2v) is 6.22. The van der Waals surface area contributed by atoms with E-state index in [9.17, 15) is 9.90 Å². The first kappa shape index (κ1) is 16.3. The van der Waals surface area contributed by atoms with Crippen molar-refractivity contribution < 1.29 is 19.4 Å². The zero-order chi connectivity index (χ0) is 15.6. The Kier molecular flexibility index (Phi) is 4.69. The zero-order valence-electron chi connectivity index (χ0n) is 13.1. The number of hydrogen-bond donors (Lipinski definition) is 1. The Morgan fingerprint density at radius 2 is 1.65 bits per heavy atom. The molecule has 0 bridgehead atoms. The highest BCUT2D eigenvalue weighted by Crippen LogP contribution is 2.46. The standard InChI is InChI=1S/C16H24O4/c1-15(2,3)16(4,10-14(17)18)11-7-8-12(19-5)13(9-11)20-6/h7-9H,10H2,1-6H3,(H,17,18). The molecule has 0 saturated heterocycles. The first-order valence-corrected chi connectivity index (χ1v) is 6.60. The topological polar surface area (TPSA) is 55.8 Å². The van der Waals surface area contributed by atoms with Crippen LogP contribution in [0, 0.1) is 5.41 Å². The Labute approximate surface area is 120 Å². The molecule has 0 aliphatic heterocycles. The van der Waals surface area contributed by atoms with Gasteiger partial charge in [-0.05, 0) is 23.1 Å². The predicted octanol–water partition coefficient (Wildman–Crippen LogP) is 3.48. The minimum Gasteiger partial charge on any atom is -0.493 e. The molecule has 0 aliphatic rings. The molecule has 0 aliphatic carbocycles. The van der Waals surface area contributed by atoms with E-state index in [1.54, 1.807) is 14.2 Å². The van der Waals surface area contributed by atoms with Gasteiger partial charge in [0.25, 0.3) is 0 Å². The largest absolute Gasteiger partial charge is 0.493 e. The molecule has 1 N–H and O–H groups in total. The van der Waals surface area contributed by atoms with Crippen LogP contribution in [0.1, 0.15) is 39.7 Å². The van der Waals surface area contributed by atoms with E-state index in [1.807, 2.05) is 45.9 Å². The maximum Gasteiger partial charge on any atom is 0.304 e. The van der Waals surface area contributed by atoms with Crippen molar-refractivity contribution >= 4 is 5.97 Å². The predicted molar refractivity (Wildman–Crippen MR) is 78.6 cm³/mol. The number of carboxylic acids is 1. The smallest absolute Gasteiger partial charge is 0.304 e. The molecule has 0 amide bonds. The Balaban J connectivity index is 3.39. The molecule has 4 nitrogen and oxygen atoms in total. The number of methoxy groups -OCH3 is 2. The fraction of sp³-hybridized carbons (Fsp3) is 0.562. The van der Waals surface area contributed by atoms with E-state index < -0.39 is 11.4 Å². The van der Waals surface area contributed by atoms with Crippen molar-refractivity contribution in [1.29, 1.82) is 0 Å². The quantitative estimate of drug-likeness (QED) is 0.897. The van der Waals surface area contributed by atoms with E-state index in [2.05, 4.69) is 0 Å². The van der Waals surface area contributed by atoms with Crippen LogP contribution in [0.3, 0.4) is 0 Å². The average molecular weight is 280 g/mol. The molecular weight excluding hydrogens is 256 g/mol. The summed E-state index contributed by atoms with van der Waals surface area (Å²) < 4.78 is 10.5. The van der Waals surface area contributed by atoms with E-state index in [4.69, 9.17) is 9.47 Å². The van der Waals surface area contributed by atoms with Gasteiger partial charge in [0, 0.05) is 5.41 Å². The molecule has 0 spiro atoms. The van der Waals surface area contributed by atoms with Crippen LogP contribution in [-0.4, -0.2) is 25.3 Å². The lowest BCUT2D eigenvalue weighted by atomic mass is 9.62. The molecule has 1 unspecified atom stereocenters. The van der Waals surface area contributed by atoms with E-state index in [0.29, 0.717) is 11.5 Å².